The Labute approximate surface area is 222 Å². The van der Waals surface area contributed by atoms with Gasteiger partial charge < -0.3 is 15.1 Å². The van der Waals surface area contributed by atoms with Gasteiger partial charge in [-0.25, -0.2) is 4.98 Å². The van der Waals surface area contributed by atoms with Crippen LogP contribution in [-0.4, -0.2) is 58.2 Å². The molecule has 1 saturated heterocycles. The molecule has 1 atom stereocenters. The van der Waals surface area contributed by atoms with Crippen molar-refractivity contribution in [2.45, 2.75) is 59.5 Å². The number of anilines is 1. The number of carbonyl (C=O) groups is 2. The van der Waals surface area contributed by atoms with Crippen LogP contribution in [0, 0.1) is 12.3 Å². The third-order valence-electron chi connectivity index (χ3n) is 7.33. The quantitative estimate of drug-likeness (QED) is 0.552. The minimum absolute atomic E-state index is 0.0198. The number of benzene rings is 2. The average Bonchev–Trinajstić information content (AvgIpc) is 3.68. The standard InChI is InChI=1S/C29H35N5O4/c1-18-6-7-20(27(36)31-21-8-9-21)14-25(18)33-17-30-24-11-10-22(15-23(24)28(33)37)32-12-13-34(38-19(2)35)26(16-32)29(3,4)5/h6-7,10-11,14-15,17,21,26H,8-9,12-13,16H2,1-5H3,(H,31,36). The van der Waals surface area contributed by atoms with Crippen LogP contribution in [0.1, 0.15) is 56.5 Å². The molecule has 9 nitrogen and oxygen atoms in total. The second-order valence-corrected chi connectivity index (χ2v) is 11.4. The first-order valence-corrected chi connectivity index (χ1v) is 13.1. The third kappa shape index (κ3) is 5.29. The number of hydroxylamine groups is 2. The molecule has 38 heavy (non-hydrogen) atoms. The van der Waals surface area contributed by atoms with Gasteiger partial charge in [-0.05, 0) is 61.1 Å². The molecular weight excluding hydrogens is 482 g/mol. The van der Waals surface area contributed by atoms with Gasteiger partial charge in [0.05, 0.1) is 29.2 Å². The number of nitrogens with zero attached hydrogens (tertiary/aromatic N) is 4. The van der Waals surface area contributed by atoms with Crippen LogP contribution in [0.15, 0.2) is 47.5 Å². The Bertz CT molecular complexity index is 1450. The van der Waals surface area contributed by atoms with Crippen molar-refractivity contribution in [2.75, 3.05) is 24.5 Å². The molecule has 2 aliphatic rings. The third-order valence-corrected chi connectivity index (χ3v) is 7.33. The molecule has 5 rings (SSSR count). The molecule has 200 valence electrons. The summed E-state index contributed by atoms with van der Waals surface area (Å²) in [7, 11) is 0. The molecular formula is C29H35N5O4. The van der Waals surface area contributed by atoms with E-state index in [1.807, 2.05) is 31.2 Å². The predicted octanol–water partition coefficient (Wildman–Crippen LogP) is 3.60. The van der Waals surface area contributed by atoms with Gasteiger partial charge in [0.25, 0.3) is 11.5 Å². The molecule has 2 fully saturated rings. The van der Waals surface area contributed by atoms with Gasteiger partial charge in [0.1, 0.15) is 6.33 Å². The van der Waals surface area contributed by atoms with E-state index < -0.39 is 0 Å². The Balaban J connectivity index is 1.48. The summed E-state index contributed by atoms with van der Waals surface area (Å²) in [6.07, 6.45) is 3.55. The molecule has 0 bridgehead atoms. The Morgan fingerprint density at radius 3 is 2.53 bits per heavy atom. The van der Waals surface area contributed by atoms with Gasteiger partial charge >= 0.3 is 5.97 Å². The first-order chi connectivity index (χ1) is 18.0. The number of carbonyl (C=O) groups excluding carboxylic acids is 2. The highest BCUT2D eigenvalue weighted by Crippen LogP contribution is 2.31. The second-order valence-electron chi connectivity index (χ2n) is 11.4. The summed E-state index contributed by atoms with van der Waals surface area (Å²) in [6, 6.07) is 11.4. The Kier molecular flexibility index (Phi) is 6.73. The molecule has 3 aromatic rings. The highest BCUT2D eigenvalue weighted by atomic mass is 16.7. The summed E-state index contributed by atoms with van der Waals surface area (Å²) >= 11 is 0. The number of piperazine rings is 1. The van der Waals surface area contributed by atoms with Crippen LogP contribution in [0.4, 0.5) is 5.69 Å². The van der Waals surface area contributed by atoms with Crippen molar-refractivity contribution in [1.82, 2.24) is 19.9 Å². The monoisotopic (exact) mass is 517 g/mol. The van der Waals surface area contributed by atoms with E-state index in [-0.39, 0.29) is 34.9 Å². The molecule has 2 aromatic carbocycles. The number of aryl methyl sites for hydroxylation is 1. The van der Waals surface area contributed by atoms with Gasteiger partial charge in [-0.3, -0.25) is 19.0 Å². The van der Waals surface area contributed by atoms with Crippen molar-refractivity contribution < 1.29 is 14.4 Å². The van der Waals surface area contributed by atoms with Crippen molar-refractivity contribution in [3.05, 3.63) is 64.2 Å². The van der Waals surface area contributed by atoms with Gasteiger partial charge in [0.2, 0.25) is 0 Å². The van der Waals surface area contributed by atoms with Crippen LogP contribution in [0.25, 0.3) is 16.6 Å². The number of aromatic nitrogens is 2. The van der Waals surface area contributed by atoms with E-state index in [2.05, 4.69) is 36.0 Å². The summed E-state index contributed by atoms with van der Waals surface area (Å²) in [5, 5.41) is 5.29. The minimum Gasteiger partial charge on any atom is -0.368 e. The molecule has 2 heterocycles. The van der Waals surface area contributed by atoms with Crippen LogP contribution in [0.5, 0.6) is 0 Å². The van der Waals surface area contributed by atoms with Crippen molar-refractivity contribution in [1.29, 1.82) is 0 Å². The van der Waals surface area contributed by atoms with E-state index in [9.17, 15) is 14.4 Å². The van der Waals surface area contributed by atoms with Gasteiger partial charge in [-0.1, -0.05) is 26.8 Å². The van der Waals surface area contributed by atoms with Crippen molar-refractivity contribution in [3.8, 4) is 5.69 Å². The van der Waals surface area contributed by atoms with E-state index in [0.29, 0.717) is 41.8 Å². The van der Waals surface area contributed by atoms with E-state index in [0.717, 1.165) is 24.1 Å². The fourth-order valence-electron chi connectivity index (χ4n) is 4.97. The molecule has 1 aliphatic heterocycles. The number of rotatable bonds is 5. The lowest BCUT2D eigenvalue weighted by molar-refractivity contribution is -0.211. The highest BCUT2D eigenvalue weighted by molar-refractivity contribution is 5.95. The summed E-state index contributed by atoms with van der Waals surface area (Å²) in [5.41, 5.74) is 3.25. The lowest BCUT2D eigenvalue weighted by Gasteiger charge is -2.46. The fourth-order valence-corrected chi connectivity index (χ4v) is 4.97. The van der Waals surface area contributed by atoms with Gasteiger partial charge in [-0.15, -0.1) is 5.06 Å². The van der Waals surface area contributed by atoms with E-state index in [4.69, 9.17) is 4.84 Å². The van der Waals surface area contributed by atoms with Crippen molar-refractivity contribution >= 4 is 28.5 Å². The number of hydrogen-bond acceptors (Lipinski definition) is 7. The summed E-state index contributed by atoms with van der Waals surface area (Å²) in [4.78, 5) is 50.3. The smallest absolute Gasteiger partial charge is 0.322 e. The molecule has 1 saturated carbocycles. The molecule has 1 unspecified atom stereocenters. The Morgan fingerprint density at radius 2 is 1.84 bits per heavy atom. The van der Waals surface area contributed by atoms with Crippen LogP contribution < -0.4 is 15.8 Å². The summed E-state index contributed by atoms with van der Waals surface area (Å²) in [6.45, 7) is 11.6. The van der Waals surface area contributed by atoms with Crippen LogP contribution in [0.2, 0.25) is 0 Å². The maximum Gasteiger partial charge on any atom is 0.322 e. The first-order valence-electron chi connectivity index (χ1n) is 13.1. The Morgan fingerprint density at radius 1 is 1.08 bits per heavy atom. The van der Waals surface area contributed by atoms with Crippen LogP contribution >= 0.6 is 0 Å². The van der Waals surface area contributed by atoms with Gasteiger partial charge in [-0.2, -0.15) is 0 Å². The van der Waals surface area contributed by atoms with Crippen molar-refractivity contribution in [2.24, 2.45) is 5.41 Å². The molecule has 1 aliphatic carbocycles. The lowest BCUT2D eigenvalue weighted by atomic mass is 9.85. The SMILES string of the molecule is CC(=O)ON1CCN(c2ccc3ncn(-c4cc(C(=O)NC5CC5)ccc4C)c(=O)c3c2)CC1C(C)(C)C. The largest absolute Gasteiger partial charge is 0.368 e. The zero-order valence-electron chi connectivity index (χ0n) is 22.7. The van der Waals surface area contributed by atoms with E-state index in [1.54, 1.807) is 17.2 Å². The maximum absolute atomic E-state index is 13.7. The maximum atomic E-state index is 13.7. The van der Waals surface area contributed by atoms with Crippen molar-refractivity contribution in [3.63, 3.8) is 0 Å². The number of fused-ring (bicyclic) bond motifs is 1. The molecule has 1 N–H and O–H groups in total. The highest BCUT2D eigenvalue weighted by Gasteiger charge is 2.37. The molecule has 1 amide bonds. The zero-order chi connectivity index (χ0) is 27.2. The van der Waals surface area contributed by atoms with Gasteiger partial charge in [0.15, 0.2) is 0 Å². The normalized spacial score (nSPS) is 18.4. The van der Waals surface area contributed by atoms with Gasteiger partial charge in [0, 0.05) is 37.3 Å². The van der Waals surface area contributed by atoms with E-state index >= 15 is 0 Å². The minimum atomic E-state index is -0.325. The molecule has 0 spiro atoms. The number of hydrogen-bond donors (Lipinski definition) is 1. The van der Waals surface area contributed by atoms with Crippen LogP contribution in [-0.2, 0) is 9.63 Å². The average molecular weight is 518 g/mol. The van der Waals surface area contributed by atoms with Crippen LogP contribution in [0.3, 0.4) is 0 Å². The second kappa shape index (κ2) is 9.87. The zero-order valence-corrected chi connectivity index (χ0v) is 22.7. The number of amides is 1. The fraction of sp³-hybridized carbons (Fsp3) is 0.448. The number of nitrogens with one attached hydrogen (secondary N) is 1. The summed E-state index contributed by atoms with van der Waals surface area (Å²) in [5.74, 6) is -0.450. The molecule has 9 heteroatoms. The Hall–Kier alpha value is -3.72. The molecule has 0 radical (unpaired) electrons. The predicted molar refractivity (Wildman–Crippen MR) is 146 cm³/mol. The lowest BCUT2D eigenvalue weighted by Crippen LogP contribution is -2.58. The topological polar surface area (TPSA) is 96.8 Å². The summed E-state index contributed by atoms with van der Waals surface area (Å²) < 4.78 is 1.52. The van der Waals surface area contributed by atoms with E-state index in [1.165, 1.54) is 17.8 Å². The molecule has 1 aromatic heterocycles. The first kappa shape index (κ1) is 25.9.